The molecule has 0 aliphatic carbocycles. The number of rotatable bonds is 2. The summed E-state index contributed by atoms with van der Waals surface area (Å²) >= 11 is 0. The molecule has 2 heterocycles. The summed E-state index contributed by atoms with van der Waals surface area (Å²) in [5.74, 6) is 0.0505. The quantitative estimate of drug-likeness (QED) is 0.753. The highest BCUT2D eigenvalue weighted by Crippen LogP contribution is 2.20. The van der Waals surface area contributed by atoms with Crippen molar-refractivity contribution in [2.75, 3.05) is 13.1 Å². The molecule has 0 bridgehead atoms. The predicted octanol–water partition coefficient (Wildman–Crippen LogP) is 0.217. The number of amides is 1. The van der Waals surface area contributed by atoms with Gasteiger partial charge in [-0.25, -0.2) is 0 Å². The van der Waals surface area contributed by atoms with Gasteiger partial charge in [0, 0.05) is 12.4 Å². The number of nitrogens with zero attached hydrogens (tertiary/aromatic N) is 2. The van der Waals surface area contributed by atoms with Crippen LogP contribution < -0.4 is 0 Å². The largest absolute Gasteiger partial charge is 0.386 e. The van der Waals surface area contributed by atoms with Crippen molar-refractivity contribution < 1.29 is 9.90 Å². The zero-order valence-corrected chi connectivity index (χ0v) is 8.68. The van der Waals surface area contributed by atoms with Gasteiger partial charge in [0.15, 0.2) is 0 Å². The Morgan fingerprint density at radius 2 is 2.40 bits per heavy atom. The summed E-state index contributed by atoms with van der Waals surface area (Å²) in [6, 6.07) is 3.69. The molecule has 80 valence electrons. The number of hydrogen-bond donors (Lipinski definition) is 1. The highest BCUT2D eigenvalue weighted by atomic mass is 16.3. The second-order valence-corrected chi connectivity index (χ2v) is 4.28. The zero-order valence-electron chi connectivity index (χ0n) is 8.68. The molecule has 15 heavy (non-hydrogen) atoms. The zero-order chi connectivity index (χ0) is 10.9. The van der Waals surface area contributed by atoms with Crippen LogP contribution in [0.15, 0.2) is 24.5 Å². The van der Waals surface area contributed by atoms with E-state index in [2.05, 4.69) is 4.98 Å². The summed E-state index contributed by atoms with van der Waals surface area (Å²) in [4.78, 5) is 17.3. The highest BCUT2D eigenvalue weighted by Gasteiger charge is 2.38. The first-order valence-corrected chi connectivity index (χ1v) is 4.96. The van der Waals surface area contributed by atoms with Crippen LogP contribution in [0.25, 0.3) is 0 Å². The fraction of sp³-hybridized carbons (Fsp3) is 0.455. The Bertz CT molecular complexity index is 354. The number of likely N-dealkylation sites (tertiary alicyclic amines) is 1. The number of aromatic nitrogens is 1. The smallest absolute Gasteiger partial charge is 0.227 e. The van der Waals surface area contributed by atoms with Crippen LogP contribution in [0.5, 0.6) is 0 Å². The predicted molar refractivity (Wildman–Crippen MR) is 55.1 cm³/mol. The van der Waals surface area contributed by atoms with Gasteiger partial charge in [-0.3, -0.25) is 9.78 Å². The van der Waals surface area contributed by atoms with Gasteiger partial charge in [-0.1, -0.05) is 6.07 Å². The molecule has 4 heteroatoms. The second-order valence-electron chi connectivity index (χ2n) is 4.28. The Labute approximate surface area is 88.6 Å². The van der Waals surface area contributed by atoms with Gasteiger partial charge in [-0.15, -0.1) is 0 Å². The summed E-state index contributed by atoms with van der Waals surface area (Å²) in [6.07, 6.45) is 3.74. The van der Waals surface area contributed by atoms with E-state index in [0.29, 0.717) is 19.5 Å². The summed E-state index contributed by atoms with van der Waals surface area (Å²) in [5.41, 5.74) is 0.221. The van der Waals surface area contributed by atoms with Crippen LogP contribution in [-0.2, 0) is 11.2 Å². The molecule has 4 nitrogen and oxygen atoms in total. The topological polar surface area (TPSA) is 53.4 Å². The standard InChI is InChI=1S/C11H14N2O2/c1-11(15)7-13(8-11)10(14)5-9-3-2-4-12-6-9/h2-4,6,15H,5,7-8H2,1H3. The van der Waals surface area contributed by atoms with Crippen molar-refractivity contribution >= 4 is 5.91 Å². The fourth-order valence-corrected chi connectivity index (χ4v) is 1.74. The number of hydrogen-bond acceptors (Lipinski definition) is 3. The van der Waals surface area contributed by atoms with Crippen LogP contribution in [0.4, 0.5) is 0 Å². The van der Waals surface area contributed by atoms with E-state index in [1.54, 1.807) is 24.2 Å². The van der Waals surface area contributed by atoms with Gasteiger partial charge in [-0.2, -0.15) is 0 Å². The van der Waals surface area contributed by atoms with Gasteiger partial charge in [0.2, 0.25) is 5.91 Å². The van der Waals surface area contributed by atoms with E-state index < -0.39 is 5.60 Å². The molecule has 1 N–H and O–H groups in total. The molecule has 0 saturated carbocycles. The van der Waals surface area contributed by atoms with Gasteiger partial charge in [0.25, 0.3) is 0 Å². The van der Waals surface area contributed by atoms with Crippen molar-refractivity contribution in [3.05, 3.63) is 30.1 Å². The first-order chi connectivity index (χ1) is 7.07. The SMILES string of the molecule is CC1(O)CN(C(=O)Cc2cccnc2)C1. The van der Waals surface area contributed by atoms with Crippen molar-refractivity contribution in [1.29, 1.82) is 0 Å². The molecular weight excluding hydrogens is 192 g/mol. The first kappa shape index (κ1) is 10.1. The highest BCUT2D eigenvalue weighted by molar-refractivity contribution is 5.79. The lowest BCUT2D eigenvalue weighted by molar-refractivity contribution is -0.151. The summed E-state index contributed by atoms with van der Waals surface area (Å²) < 4.78 is 0. The fourth-order valence-electron chi connectivity index (χ4n) is 1.74. The van der Waals surface area contributed by atoms with Gasteiger partial charge in [-0.05, 0) is 18.6 Å². The van der Waals surface area contributed by atoms with Crippen LogP contribution in [0.1, 0.15) is 12.5 Å². The molecule has 1 aliphatic rings. The minimum absolute atomic E-state index is 0.0505. The van der Waals surface area contributed by atoms with E-state index in [1.807, 2.05) is 12.1 Å². The van der Waals surface area contributed by atoms with Crippen molar-refractivity contribution in [2.45, 2.75) is 18.9 Å². The lowest BCUT2D eigenvalue weighted by atomic mass is 9.96. The van der Waals surface area contributed by atoms with E-state index in [-0.39, 0.29) is 5.91 Å². The maximum Gasteiger partial charge on any atom is 0.227 e. The minimum atomic E-state index is -0.690. The van der Waals surface area contributed by atoms with E-state index in [9.17, 15) is 9.90 Å². The number of pyridine rings is 1. The minimum Gasteiger partial charge on any atom is -0.386 e. The average Bonchev–Trinajstić information content (AvgIpc) is 2.15. The van der Waals surface area contributed by atoms with Gasteiger partial charge < -0.3 is 10.0 Å². The summed E-state index contributed by atoms with van der Waals surface area (Å²) in [6.45, 7) is 2.61. The van der Waals surface area contributed by atoms with Crippen molar-refractivity contribution in [3.63, 3.8) is 0 Å². The van der Waals surface area contributed by atoms with E-state index >= 15 is 0 Å². The van der Waals surface area contributed by atoms with Crippen LogP contribution in [0.2, 0.25) is 0 Å². The Balaban J connectivity index is 1.89. The molecule has 1 aliphatic heterocycles. The lowest BCUT2D eigenvalue weighted by Gasteiger charge is -2.44. The number of β-amino-alcohol motifs (C(OH)–C–C–N with tert-alkyl or cyclic N) is 1. The Kier molecular flexibility index (Phi) is 2.44. The summed E-state index contributed by atoms with van der Waals surface area (Å²) in [7, 11) is 0. The molecule has 0 radical (unpaired) electrons. The number of carbonyl (C=O) groups excluding carboxylic acids is 1. The number of aliphatic hydroxyl groups is 1. The van der Waals surface area contributed by atoms with Gasteiger partial charge >= 0.3 is 0 Å². The van der Waals surface area contributed by atoms with Crippen molar-refractivity contribution in [1.82, 2.24) is 9.88 Å². The molecule has 0 atom stereocenters. The van der Waals surface area contributed by atoms with Crippen LogP contribution in [0, 0.1) is 0 Å². The van der Waals surface area contributed by atoms with E-state index in [1.165, 1.54) is 0 Å². The first-order valence-electron chi connectivity index (χ1n) is 4.96. The normalized spacial score (nSPS) is 18.4. The maximum atomic E-state index is 11.7. The molecule has 1 aromatic heterocycles. The van der Waals surface area contributed by atoms with Gasteiger partial charge in [0.05, 0.1) is 25.1 Å². The molecule has 1 fully saturated rings. The number of carbonyl (C=O) groups is 1. The van der Waals surface area contributed by atoms with Crippen molar-refractivity contribution in [2.24, 2.45) is 0 Å². The molecule has 0 spiro atoms. The molecule has 2 rings (SSSR count). The van der Waals surface area contributed by atoms with Gasteiger partial charge in [0.1, 0.15) is 0 Å². The Morgan fingerprint density at radius 1 is 1.67 bits per heavy atom. The third-order valence-electron chi connectivity index (χ3n) is 2.49. The molecule has 1 saturated heterocycles. The molecule has 0 aromatic carbocycles. The van der Waals surface area contributed by atoms with Crippen molar-refractivity contribution in [3.8, 4) is 0 Å². The molecule has 1 aromatic rings. The molecular formula is C11H14N2O2. The molecule has 1 amide bonds. The van der Waals surface area contributed by atoms with Crippen LogP contribution >= 0.6 is 0 Å². The van der Waals surface area contributed by atoms with Crippen LogP contribution in [0.3, 0.4) is 0 Å². The maximum absolute atomic E-state index is 11.7. The van der Waals surface area contributed by atoms with E-state index in [4.69, 9.17) is 0 Å². The lowest BCUT2D eigenvalue weighted by Crippen LogP contribution is -2.62. The Hall–Kier alpha value is -1.42. The van der Waals surface area contributed by atoms with E-state index in [0.717, 1.165) is 5.56 Å². The van der Waals surface area contributed by atoms with Crippen LogP contribution in [-0.4, -0.2) is 39.6 Å². The molecule has 0 unspecified atom stereocenters. The summed E-state index contributed by atoms with van der Waals surface area (Å²) in [5, 5.41) is 9.49. The average molecular weight is 206 g/mol. The third-order valence-corrected chi connectivity index (χ3v) is 2.49. The monoisotopic (exact) mass is 206 g/mol. The Morgan fingerprint density at radius 3 is 2.93 bits per heavy atom. The third kappa shape index (κ3) is 2.33. The second kappa shape index (κ2) is 3.62.